The van der Waals surface area contributed by atoms with Crippen molar-refractivity contribution in [2.24, 2.45) is 0 Å². The molecule has 12 atom stereocenters. The number of rotatable bonds is 69. The Kier molecular flexibility index (Phi) is 61.1. The fourth-order valence-electron chi connectivity index (χ4n) is 13.7. The van der Waals surface area contributed by atoms with Gasteiger partial charge in [-0.3, -0.25) is 4.79 Å². The van der Waals surface area contributed by atoms with Crippen LogP contribution in [0.15, 0.2) is 24.3 Å². The van der Waals surface area contributed by atoms with E-state index in [1.807, 2.05) is 6.08 Å². The molecule has 2 aliphatic rings. The molecular formula is C80H153NO13. The van der Waals surface area contributed by atoms with Gasteiger partial charge in [-0.25, -0.2) is 0 Å². The van der Waals surface area contributed by atoms with E-state index in [1.54, 1.807) is 6.08 Å². The third kappa shape index (κ3) is 47.5. The summed E-state index contributed by atoms with van der Waals surface area (Å²) >= 11 is 0. The number of aliphatic hydroxyl groups is 8. The molecule has 0 spiro atoms. The Labute approximate surface area is 577 Å². The van der Waals surface area contributed by atoms with Crippen molar-refractivity contribution in [1.82, 2.24) is 5.32 Å². The summed E-state index contributed by atoms with van der Waals surface area (Å²) in [4.78, 5) is 13.4. The maximum Gasteiger partial charge on any atom is 0.220 e. The van der Waals surface area contributed by atoms with Gasteiger partial charge in [-0.15, -0.1) is 0 Å². The Balaban J connectivity index is 1.61. The molecule has 0 aliphatic carbocycles. The maximum absolute atomic E-state index is 13.4. The highest BCUT2D eigenvalue weighted by Gasteiger charge is 2.51. The topological polar surface area (TPSA) is 228 Å². The van der Waals surface area contributed by atoms with Crippen LogP contribution in [0, 0.1) is 0 Å². The first kappa shape index (κ1) is 88.6. The van der Waals surface area contributed by atoms with Crippen molar-refractivity contribution in [1.29, 1.82) is 0 Å². The number of unbranched alkanes of at least 4 members (excludes halogenated alkanes) is 54. The van der Waals surface area contributed by atoms with E-state index in [2.05, 4.69) is 31.3 Å². The number of hydrogen-bond acceptors (Lipinski definition) is 13. The normalized spacial score (nSPS) is 22.5. The number of hydrogen-bond donors (Lipinski definition) is 9. The molecule has 0 aromatic heterocycles. The molecule has 1 amide bonds. The summed E-state index contributed by atoms with van der Waals surface area (Å²) in [5.41, 5.74) is 0. The number of aliphatic hydroxyl groups excluding tert-OH is 8. The number of nitrogens with one attached hydrogen (secondary N) is 1. The zero-order valence-electron chi connectivity index (χ0n) is 61.0. The third-order valence-corrected chi connectivity index (χ3v) is 20.1. The lowest BCUT2D eigenvalue weighted by Crippen LogP contribution is -2.65. The van der Waals surface area contributed by atoms with Gasteiger partial charge in [0.1, 0.15) is 48.8 Å². The van der Waals surface area contributed by atoms with Gasteiger partial charge in [0, 0.05) is 6.42 Å². The van der Waals surface area contributed by atoms with Crippen LogP contribution >= 0.6 is 0 Å². The van der Waals surface area contributed by atoms with Crippen molar-refractivity contribution in [3.05, 3.63) is 24.3 Å². The van der Waals surface area contributed by atoms with Crippen molar-refractivity contribution in [2.75, 3.05) is 19.8 Å². The van der Waals surface area contributed by atoms with Crippen LogP contribution in [0.4, 0.5) is 0 Å². The van der Waals surface area contributed by atoms with Crippen molar-refractivity contribution < 1.29 is 64.6 Å². The van der Waals surface area contributed by atoms with E-state index in [4.69, 9.17) is 18.9 Å². The molecular weight excluding hydrogens is 1180 g/mol. The largest absolute Gasteiger partial charge is 0.394 e. The lowest BCUT2D eigenvalue weighted by molar-refractivity contribution is -0.359. The number of amides is 1. The zero-order chi connectivity index (χ0) is 68.0. The average molecular weight is 1340 g/mol. The zero-order valence-corrected chi connectivity index (χ0v) is 61.0. The number of ether oxygens (including phenoxy) is 4. The highest BCUT2D eigenvalue weighted by Crippen LogP contribution is 2.30. The highest BCUT2D eigenvalue weighted by molar-refractivity contribution is 5.76. The molecule has 2 saturated heterocycles. The van der Waals surface area contributed by atoms with Gasteiger partial charge >= 0.3 is 0 Å². The predicted octanol–water partition coefficient (Wildman–Crippen LogP) is 18.3. The summed E-state index contributed by atoms with van der Waals surface area (Å²) in [7, 11) is 0. The molecule has 2 heterocycles. The third-order valence-electron chi connectivity index (χ3n) is 20.1. The SMILES string of the molecule is CCCCCCCCCC/C=C\CCCCCCCCCCCCCCCCCCCCCC(=O)NC(COC1OC(CO)C(OC2OC(CO)C(O)C(O)C2O)C(O)C1O)C(O)/C=C/CCCCCCCCCCCCCCCCCCCCCCCCCCCCC. The summed E-state index contributed by atoms with van der Waals surface area (Å²) in [5, 5.41) is 87.7. The molecule has 14 nitrogen and oxygen atoms in total. The van der Waals surface area contributed by atoms with Crippen molar-refractivity contribution >= 4 is 5.91 Å². The molecule has 12 unspecified atom stereocenters. The first-order valence-corrected chi connectivity index (χ1v) is 40.6. The molecule has 2 aliphatic heterocycles. The van der Waals surface area contributed by atoms with Gasteiger partial charge in [0.25, 0.3) is 0 Å². The van der Waals surface area contributed by atoms with E-state index < -0.39 is 86.8 Å². The summed E-state index contributed by atoms with van der Waals surface area (Å²) in [6.07, 6.45) is 66.9. The Morgan fingerprint density at radius 1 is 0.372 bits per heavy atom. The van der Waals surface area contributed by atoms with Crippen molar-refractivity contribution in [3.8, 4) is 0 Å². The van der Waals surface area contributed by atoms with Gasteiger partial charge in [0.05, 0.1) is 32.0 Å². The van der Waals surface area contributed by atoms with Crippen LogP contribution in [-0.4, -0.2) is 140 Å². The quantitative estimate of drug-likeness (QED) is 0.0204. The van der Waals surface area contributed by atoms with E-state index in [9.17, 15) is 45.6 Å². The van der Waals surface area contributed by atoms with Gasteiger partial charge in [-0.05, 0) is 44.9 Å². The summed E-state index contributed by atoms with van der Waals surface area (Å²) < 4.78 is 22.9. The van der Waals surface area contributed by atoms with Gasteiger partial charge in [-0.1, -0.05) is 359 Å². The molecule has 2 rings (SSSR count). The van der Waals surface area contributed by atoms with E-state index in [-0.39, 0.29) is 18.9 Å². The molecule has 14 heteroatoms. The first-order chi connectivity index (χ1) is 46.1. The molecule has 0 radical (unpaired) electrons. The monoisotopic (exact) mass is 1340 g/mol. The number of carbonyl (C=O) groups is 1. The van der Waals surface area contributed by atoms with Crippen LogP contribution in [0.5, 0.6) is 0 Å². The van der Waals surface area contributed by atoms with Gasteiger partial charge in [0.2, 0.25) is 5.91 Å². The van der Waals surface area contributed by atoms with Crippen LogP contribution in [0.3, 0.4) is 0 Å². The molecule has 0 aromatic carbocycles. The molecule has 556 valence electrons. The fourth-order valence-corrected chi connectivity index (χ4v) is 13.7. The van der Waals surface area contributed by atoms with Crippen LogP contribution in [0.1, 0.15) is 386 Å². The second-order valence-electron chi connectivity index (χ2n) is 28.9. The number of allylic oxidation sites excluding steroid dienone is 3. The highest BCUT2D eigenvalue weighted by atomic mass is 16.7. The Bertz CT molecular complexity index is 1670. The molecule has 0 saturated carbocycles. The van der Waals surface area contributed by atoms with E-state index in [1.165, 1.54) is 321 Å². The minimum atomic E-state index is -1.79. The van der Waals surface area contributed by atoms with Gasteiger partial charge < -0.3 is 65.1 Å². The minimum Gasteiger partial charge on any atom is -0.394 e. The van der Waals surface area contributed by atoms with Crippen LogP contribution in [-0.2, 0) is 23.7 Å². The van der Waals surface area contributed by atoms with Crippen molar-refractivity contribution in [3.63, 3.8) is 0 Å². The fraction of sp³-hybridized carbons (Fsp3) is 0.938. The number of carbonyl (C=O) groups excluding carboxylic acids is 1. The summed E-state index contributed by atoms with van der Waals surface area (Å²) in [5.74, 6) is -0.230. The lowest BCUT2D eigenvalue weighted by Gasteiger charge is -2.46. The molecule has 94 heavy (non-hydrogen) atoms. The van der Waals surface area contributed by atoms with E-state index in [0.29, 0.717) is 6.42 Å². The molecule has 2 fully saturated rings. The second-order valence-corrected chi connectivity index (χ2v) is 28.9. The maximum atomic E-state index is 13.4. The average Bonchev–Trinajstić information content (AvgIpc) is 0.794. The van der Waals surface area contributed by atoms with E-state index >= 15 is 0 Å². The van der Waals surface area contributed by atoms with Gasteiger partial charge in [-0.2, -0.15) is 0 Å². The Hall–Kier alpha value is -1.53. The van der Waals surface area contributed by atoms with Crippen LogP contribution in [0.25, 0.3) is 0 Å². The standard InChI is InChI=1S/C80H153NO13/c1-3-5-7-9-11-13-15-17-19-21-23-25-27-29-31-33-34-36-38-40-42-44-46-48-50-52-54-56-58-60-62-64-72(85)81-68(67-91-79-77(90)75(88)78(71(66-83)93-79)94-80-76(89)74(87)73(86)70(65-82)92-80)69(84)63-61-59-57-55-53-51-49-47-45-43-41-39-37-35-32-30-28-26-24-22-20-18-16-14-12-10-8-6-4-2/h21,23,61,63,68-71,73-80,82-84,86-90H,3-20,22,24-60,62,64-67H2,1-2H3,(H,81,85)/b23-21-,63-61+. The minimum absolute atomic E-state index is 0.230. The lowest BCUT2D eigenvalue weighted by atomic mass is 9.97. The van der Waals surface area contributed by atoms with Crippen molar-refractivity contribution in [2.45, 2.75) is 460 Å². The Morgan fingerprint density at radius 2 is 0.670 bits per heavy atom. The van der Waals surface area contributed by atoms with Gasteiger partial charge in [0.15, 0.2) is 12.6 Å². The van der Waals surface area contributed by atoms with E-state index in [0.717, 1.165) is 38.5 Å². The summed E-state index contributed by atoms with van der Waals surface area (Å²) in [6, 6.07) is -0.914. The van der Waals surface area contributed by atoms with Crippen LogP contribution < -0.4 is 5.32 Å². The molecule has 0 aromatic rings. The molecule has 9 N–H and O–H groups in total. The Morgan fingerprint density at radius 3 is 1.01 bits per heavy atom. The predicted molar refractivity (Wildman–Crippen MR) is 388 cm³/mol. The second kappa shape index (κ2) is 64.8. The summed E-state index contributed by atoms with van der Waals surface area (Å²) in [6.45, 7) is 2.87. The smallest absolute Gasteiger partial charge is 0.220 e. The molecule has 0 bridgehead atoms. The first-order valence-electron chi connectivity index (χ1n) is 40.6. The van der Waals surface area contributed by atoms with Crippen LogP contribution in [0.2, 0.25) is 0 Å².